The molecule has 1 fully saturated rings. The molecule has 0 aromatic carbocycles. The summed E-state index contributed by atoms with van der Waals surface area (Å²) < 4.78 is 1.94. The highest BCUT2D eigenvalue weighted by molar-refractivity contribution is 7.99. The largest absolute Gasteiger partial charge is 0.309 e. The number of rotatable bonds is 3. The van der Waals surface area contributed by atoms with Crippen molar-refractivity contribution in [2.24, 2.45) is 7.05 Å². The summed E-state index contributed by atoms with van der Waals surface area (Å²) in [6.07, 6.45) is 2.32. The van der Waals surface area contributed by atoms with Gasteiger partial charge >= 0.3 is 0 Å². The van der Waals surface area contributed by atoms with Crippen LogP contribution in [0.3, 0.4) is 0 Å². The molecule has 1 aliphatic rings. The summed E-state index contributed by atoms with van der Waals surface area (Å²) in [5.41, 5.74) is 0.900. The predicted octanol–water partition coefficient (Wildman–Crippen LogP) is 2.90. The van der Waals surface area contributed by atoms with Crippen LogP contribution in [0.25, 0.3) is 0 Å². The Labute approximate surface area is 120 Å². The second-order valence-electron chi connectivity index (χ2n) is 4.77. The second-order valence-corrected chi connectivity index (χ2v) is 6.08. The molecule has 0 bridgehead atoms. The Kier molecular flexibility index (Phi) is 3.22. The first-order valence-corrected chi connectivity index (χ1v) is 7.33. The van der Waals surface area contributed by atoms with Crippen molar-refractivity contribution in [3.63, 3.8) is 0 Å². The summed E-state index contributed by atoms with van der Waals surface area (Å²) in [4.78, 5) is 8.99. The highest BCUT2D eigenvalue weighted by atomic mass is 35.5. The number of hydrogen-bond donors (Lipinski definition) is 0. The maximum absolute atomic E-state index is 6.19. The van der Waals surface area contributed by atoms with Crippen LogP contribution in [0.15, 0.2) is 10.2 Å². The minimum absolute atomic E-state index is 0.485. The van der Waals surface area contributed by atoms with E-state index in [1.807, 2.05) is 25.5 Å². The molecule has 0 amide bonds. The number of halogens is 1. The molecule has 5 nitrogen and oxygen atoms in total. The van der Waals surface area contributed by atoms with E-state index in [-0.39, 0.29) is 0 Å². The average molecular weight is 296 g/mol. The Morgan fingerprint density at radius 3 is 2.53 bits per heavy atom. The molecule has 1 aliphatic carbocycles. The minimum atomic E-state index is 0.485. The molecule has 100 valence electrons. The lowest BCUT2D eigenvalue weighted by Gasteiger charge is -2.08. The van der Waals surface area contributed by atoms with Gasteiger partial charge in [-0.2, -0.15) is 0 Å². The maximum atomic E-state index is 6.19. The molecule has 0 N–H and O–H groups in total. The molecular weight excluding hydrogens is 282 g/mol. The van der Waals surface area contributed by atoms with Crippen LogP contribution in [0.1, 0.15) is 36.0 Å². The van der Waals surface area contributed by atoms with Gasteiger partial charge < -0.3 is 4.57 Å². The van der Waals surface area contributed by atoms with Crippen molar-refractivity contribution in [2.45, 2.75) is 42.8 Å². The number of nitrogens with zero attached hydrogens (tertiary/aromatic N) is 5. The molecule has 2 heterocycles. The smallest absolute Gasteiger partial charge is 0.197 e. The van der Waals surface area contributed by atoms with E-state index < -0.39 is 0 Å². The molecule has 1 saturated carbocycles. The van der Waals surface area contributed by atoms with E-state index in [0.717, 1.165) is 40.2 Å². The Bertz CT molecular complexity index is 635. The molecule has 2 aromatic rings. The molecule has 7 heteroatoms. The molecule has 0 radical (unpaired) electrons. The van der Waals surface area contributed by atoms with Gasteiger partial charge in [0.05, 0.1) is 0 Å². The molecule has 0 aliphatic heterocycles. The first kappa shape index (κ1) is 12.9. The highest BCUT2D eigenvalue weighted by Crippen LogP contribution is 2.40. The van der Waals surface area contributed by atoms with Crippen LogP contribution < -0.4 is 0 Å². The third-order valence-corrected chi connectivity index (χ3v) is 4.74. The van der Waals surface area contributed by atoms with Crippen molar-refractivity contribution in [2.75, 3.05) is 0 Å². The van der Waals surface area contributed by atoms with Gasteiger partial charge in [-0.1, -0.05) is 11.6 Å². The Morgan fingerprint density at radius 1 is 1.21 bits per heavy atom. The van der Waals surface area contributed by atoms with Crippen molar-refractivity contribution in [1.29, 1.82) is 0 Å². The normalized spacial score (nSPS) is 14.9. The van der Waals surface area contributed by atoms with E-state index >= 15 is 0 Å². The van der Waals surface area contributed by atoms with Crippen LogP contribution in [-0.2, 0) is 7.05 Å². The van der Waals surface area contributed by atoms with Gasteiger partial charge in [0, 0.05) is 18.5 Å². The van der Waals surface area contributed by atoms with Crippen molar-refractivity contribution >= 4 is 23.4 Å². The molecule has 19 heavy (non-hydrogen) atoms. The number of aryl methyl sites for hydroxylation is 1. The van der Waals surface area contributed by atoms with Crippen LogP contribution in [-0.4, -0.2) is 24.7 Å². The van der Waals surface area contributed by atoms with E-state index in [0.29, 0.717) is 11.1 Å². The van der Waals surface area contributed by atoms with Gasteiger partial charge in [-0.25, -0.2) is 9.97 Å². The highest BCUT2D eigenvalue weighted by Gasteiger charge is 2.28. The van der Waals surface area contributed by atoms with Crippen molar-refractivity contribution in [1.82, 2.24) is 24.7 Å². The molecule has 3 rings (SSSR count). The van der Waals surface area contributed by atoms with E-state index in [1.54, 1.807) is 0 Å². The fourth-order valence-corrected chi connectivity index (χ4v) is 2.82. The van der Waals surface area contributed by atoms with Gasteiger partial charge in [0.15, 0.2) is 5.16 Å². The zero-order valence-corrected chi connectivity index (χ0v) is 12.6. The van der Waals surface area contributed by atoms with Crippen LogP contribution in [0, 0.1) is 13.8 Å². The maximum Gasteiger partial charge on any atom is 0.197 e. The fraction of sp³-hybridized carbons (Fsp3) is 0.500. The van der Waals surface area contributed by atoms with Crippen molar-refractivity contribution in [3.8, 4) is 0 Å². The first-order valence-electron chi connectivity index (χ1n) is 6.14. The summed E-state index contributed by atoms with van der Waals surface area (Å²) in [7, 11) is 1.94. The number of aromatic nitrogens is 5. The lowest BCUT2D eigenvalue weighted by molar-refractivity contribution is 0.762. The standard InChI is InChI=1S/C12H14ClN5S/c1-6-9(13)14-10(8-4-5-8)15-11(6)19-12-17-16-7(2)18(12)3/h8H,4-5H2,1-3H3. The summed E-state index contributed by atoms with van der Waals surface area (Å²) >= 11 is 7.68. The van der Waals surface area contributed by atoms with Gasteiger partial charge in [0.2, 0.25) is 0 Å². The van der Waals surface area contributed by atoms with E-state index in [9.17, 15) is 0 Å². The lowest BCUT2D eigenvalue weighted by Crippen LogP contribution is -2.00. The van der Waals surface area contributed by atoms with Crippen LogP contribution in [0.5, 0.6) is 0 Å². The van der Waals surface area contributed by atoms with Crippen LogP contribution in [0.2, 0.25) is 5.15 Å². The third kappa shape index (κ3) is 2.47. The molecule has 0 saturated heterocycles. The topological polar surface area (TPSA) is 56.5 Å². The Morgan fingerprint density at radius 2 is 1.95 bits per heavy atom. The summed E-state index contributed by atoms with van der Waals surface area (Å²) in [5, 5.41) is 10.4. The van der Waals surface area contributed by atoms with Crippen LogP contribution >= 0.6 is 23.4 Å². The summed E-state index contributed by atoms with van der Waals surface area (Å²) in [6.45, 7) is 3.86. The van der Waals surface area contributed by atoms with Gasteiger partial charge in [0.1, 0.15) is 21.8 Å². The Hall–Kier alpha value is -1.14. The zero-order valence-electron chi connectivity index (χ0n) is 11.0. The lowest BCUT2D eigenvalue weighted by atomic mass is 10.3. The third-order valence-electron chi connectivity index (χ3n) is 3.24. The summed E-state index contributed by atoms with van der Waals surface area (Å²) in [6, 6.07) is 0. The fourth-order valence-electron chi connectivity index (χ4n) is 1.67. The number of hydrogen-bond acceptors (Lipinski definition) is 5. The molecule has 2 aromatic heterocycles. The SMILES string of the molecule is Cc1c(Cl)nc(C2CC2)nc1Sc1nnc(C)n1C. The van der Waals surface area contributed by atoms with Gasteiger partial charge in [-0.3, -0.25) is 0 Å². The van der Waals surface area contributed by atoms with Crippen molar-refractivity contribution in [3.05, 3.63) is 22.4 Å². The van der Waals surface area contributed by atoms with E-state index in [1.165, 1.54) is 11.8 Å². The zero-order chi connectivity index (χ0) is 13.6. The molecule has 0 atom stereocenters. The second kappa shape index (κ2) is 4.76. The molecule has 0 spiro atoms. The first-order chi connectivity index (χ1) is 9.06. The monoisotopic (exact) mass is 295 g/mol. The van der Waals surface area contributed by atoms with Gasteiger partial charge in [0.25, 0.3) is 0 Å². The predicted molar refractivity (Wildman–Crippen MR) is 73.6 cm³/mol. The quantitative estimate of drug-likeness (QED) is 0.815. The van der Waals surface area contributed by atoms with Crippen molar-refractivity contribution < 1.29 is 0 Å². The van der Waals surface area contributed by atoms with E-state index in [4.69, 9.17) is 11.6 Å². The molecule has 0 unspecified atom stereocenters. The molecular formula is C12H14ClN5S. The summed E-state index contributed by atoms with van der Waals surface area (Å²) in [5.74, 6) is 2.22. The van der Waals surface area contributed by atoms with E-state index in [2.05, 4.69) is 20.2 Å². The van der Waals surface area contributed by atoms with Gasteiger partial charge in [-0.05, 0) is 38.5 Å². The Balaban J connectivity index is 1.97. The minimum Gasteiger partial charge on any atom is -0.309 e. The van der Waals surface area contributed by atoms with Gasteiger partial charge in [-0.15, -0.1) is 10.2 Å². The van der Waals surface area contributed by atoms with Crippen LogP contribution in [0.4, 0.5) is 0 Å². The average Bonchev–Trinajstić information content (AvgIpc) is 3.17.